The van der Waals surface area contributed by atoms with Gasteiger partial charge in [0.25, 0.3) is 0 Å². The first-order valence-corrected chi connectivity index (χ1v) is 12.0. The zero-order valence-corrected chi connectivity index (χ0v) is 19.8. The van der Waals surface area contributed by atoms with Crippen molar-refractivity contribution < 1.29 is 17.9 Å². The highest BCUT2D eigenvalue weighted by atomic mass is 35.5. The van der Waals surface area contributed by atoms with Gasteiger partial charge in [-0.2, -0.15) is 4.31 Å². The van der Waals surface area contributed by atoms with Gasteiger partial charge in [-0.05, 0) is 70.7 Å². The van der Waals surface area contributed by atoms with Gasteiger partial charge in [-0.25, -0.2) is 13.2 Å². The Bertz CT molecular complexity index is 791. The van der Waals surface area contributed by atoms with E-state index >= 15 is 0 Å². The molecule has 1 aromatic carbocycles. The minimum atomic E-state index is -3.66. The molecule has 2 unspecified atom stereocenters. The second kappa shape index (κ2) is 9.23. The van der Waals surface area contributed by atoms with E-state index in [1.807, 2.05) is 34.6 Å². The number of nitrogens with zero attached hydrogens (tertiary/aromatic N) is 2. The van der Waals surface area contributed by atoms with Crippen molar-refractivity contribution in [3.63, 3.8) is 0 Å². The molecule has 0 aliphatic carbocycles. The van der Waals surface area contributed by atoms with Crippen LogP contribution >= 0.6 is 11.6 Å². The molecule has 0 aromatic heterocycles. The molecule has 1 aliphatic rings. The molecule has 2 rings (SSSR count). The van der Waals surface area contributed by atoms with Crippen molar-refractivity contribution in [1.82, 2.24) is 9.21 Å². The predicted octanol–water partition coefficient (Wildman–Crippen LogP) is 4.92. The topological polar surface area (TPSA) is 66.9 Å². The fraction of sp³-hybridized carbons (Fsp3) is 0.667. The maximum atomic E-state index is 13.4. The molecule has 8 heteroatoms. The second-order valence-electron chi connectivity index (χ2n) is 8.63. The van der Waals surface area contributed by atoms with Gasteiger partial charge in [0.05, 0.1) is 4.90 Å². The zero-order valence-electron chi connectivity index (χ0n) is 18.2. The highest BCUT2D eigenvalue weighted by Gasteiger charge is 2.43. The van der Waals surface area contributed by atoms with Crippen molar-refractivity contribution in [3.8, 4) is 0 Å². The van der Waals surface area contributed by atoms with Crippen LogP contribution in [0, 0.1) is 0 Å². The molecule has 0 bridgehead atoms. The van der Waals surface area contributed by atoms with Crippen LogP contribution in [0.1, 0.15) is 60.3 Å². The van der Waals surface area contributed by atoms with Crippen LogP contribution in [-0.2, 0) is 14.8 Å². The van der Waals surface area contributed by atoms with Crippen molar-refractivity contribution in [2.45, 2.75) is 88.9 Å². The number of carbonyl (C=O) groups excluding carboxylic acids is 1. The summed E-state index contributed by atoms with van der Waals surface area (Å²) >= 11 is 5.93. The summed E-state index contributed by atoms with van der Waals surface area (Å²) in [6.45, 7) is 9.48. The largest absolute Gasteiger partial charge is 0.444 e. The van der Waals surface area contributed by atoms with Gasteiger partial charge in [-0.1, -0.05) is 25.4 Å². The van der Waals surface area contributed by atoms with Gasteiger partial charge in [0, 0.05) is 30.2 Å². The number of benzene rings is 1. The summed E-state index contributed by atoms with van der Waals surface area (Å²) in [5, 5.41) is 0.501. The number of amides is 1. The Morgan fingerprint density at radius 2 is 1.62 bits per heavy atom. The molecular formula is C21H33ClN2O4S. The zero-order chi connectivity index (χ0) is 22.0. The molecule has 1 saturated heterocycles. The molecule has 2 atom stereocenters. The molecule has 6 nitrogen and oxygen atoms in total. The Balaban J connectivity index is 2.29. The molecule has 1 heterocycles. The fourth-order valence-electron chi connectivity index (χ4n) is 3.84. The first kappa shape index (κ1) is 24.0. The van der Waals surface area contributed by atoms with Crippen LogP contribution in [-0.4, -0.2) is 54.5 Å². The van der Waals surface area contributed by atoms with E-state index in [0.717, 1.165) is 0 Å². The smallest absolute Gasteiger partial charge is 0.410 e. The van der Waals surface area contributed by atoms with Crippen LogP contribution in [0.25, 0.3) is 0 Å². The Morgan fingerprint density at radius 3 is 2.03 bits per heavy atom. The molecule has 1 aliphatic heterocycles. The summed E-state index contributed by atoms with van der Waals surface area (Å²) in [6.07, 6.45) is 2.12. The van der Waals surface area contributed by atoms with Crippen LogP contribution in [0.3, 0.4) is 0 Å². The Hall–Kier alpha value is -1.31. The molecule has 29 heavy (non-hydrogen) atoms. The first-order valence-electron chi connectivity index (χ1n) is 10.2. The Kier molecular flexibility index (Phi) is 7.63. The average Bonchev–Trinajstić information content (AvgIpc) is 2.65. The molecule has 0 saturated carbocycles. The second-order valence-corrected chi connectivity index (χ2v) is 10.9. The van der Waals surface area contributed by atoms with Crippen molar-refractivity contribution >= 4 is 27.7 Å². The summed E-state index contributed by atoms with van der Waals surface area (Å²) in [7, 11) is -1.92. The summed E-state index contributed by atoms with van der Waals surface area (Å²) in [4.78, 5) is 14.4. The highest BCUT2D eigenvalue weighted by molar-refractivity contribution is 7.89. The number of halogens is 1. The van der Waals surface area contributed by atoms with E-state index in [0.29, 0.717) is 30.7 Å². The number of piperidine rings is 1. The molecule has 1 aromatic rings. The monoisotopic (exact) mass is 444 g/mol. The number of sulfonamides is 1. The maximum absolute atomic E-state index is 13.4. The number of ether oxygens (including phenoxy) is 1. The number of rotatable bonds is 5. The van der Waals surface area contributed by atoms with Crippen molar-refractivity contribution in [2.75, 3.05) is 7.05 Å². The van der Waals surface area contributed by atoms with Gasteiger partial charge in [0.15, 0.2) is 0 Å². The van der Waals surface area contributed by atoms with Crippen LogP contribution in [0.4, 0.5) is 4.79 Å². The summed E-state index contributed by atoms with van der Waals surface area (Å²) in [5.41, 5.74) is -0.571. The van der Waals surface area contributed by atoms with Crippen LogP contribution < -0.4 is 0 Å². The van der Waals surface area contributed by atoms with Gasteiger partial charge >= 0.3 is 6.09 Å². The van der Waals surface area contributed by atoms with Gasteiger partial charge < -0.3 is 9.64 Å². The van der Waals surface area contributed by atoms with E-state index in [1.54, 1.807) is 40.5 Å². The normalized spacial score (nSPS) is 23.6. The lowest BCUT2D eigenvalue weighted by molar-refractivity contribution is 0.00928. The lowest BCUT2D eigenvalue weighted by Crippen LogP contribution is -2.57. The van der Waals surface area contributed by atoms with Gasteiger partial charge in [-0.3, -0.25) is 0 Å². The molecule has 0 radical (unpaired) electrons. The Morgan fingerprint density at radius 1 is 1.14 bits per heavy atom. The molecular weight excluding hydrogens is 412 g/mol. The summed E-state index contributed by atoms with van der Waals surface area (Å²) in [5.74, 6) is 0. The third kappa shape index (κ3) is 5.64. The molecule has 0 spiro atoms. The molecule has 164 valence electrons. The van der Waals surface area contributed by atoms with Crippen molar-refractivity contribution in [1.29, 1.82) is 0 Å². The third-order valence-corrected chi connectivity index (χ3v) is 7.64. The van der Waals surface area contributed by atoms with Crippen LogP contribution in [0.15, 0.2) is 29.2 Å². The molecule has 1 amide bonds. The summed E-state index contributed by atoms with van der Waals surface area (Å²) < 4.78 is 34.0. The van der Waals surface area contributed by atoms with E-state index in [4.69, 9.17) is 16.3 Å². The third-order valence-electron chi connectivity index (χ3n) is 5.37. The SMILES string of the molecule is CCC1CC(N(C)C(=O)OC(C)(C)C)CC(CC)N1S(=O)(=O)c1ccc(Cl)cc1. The minimum Gasteiger partial charge on any atom is -0.444 e. The lowest BCUT2D eigenvalue weighted by atomic mass is 9.90. The number of carbonyl (C=O) groups is 1. The summed E-state index contributed by atoms with van der Waals surface area (Å²) in [6, 6.07) is 5.84. The standard InChI is InChI=1S/C21H33ClN2O4S/c1-7-16-13-18(23(6)20(25)28-21(3,4)5)14-17(8-2)24(16)29(26,27)19-11-9-15(22)10-12-19/h9-12,16-18H,7-8,13-14H2,1-6H3. The van der Waals surface area contributed by atoms with Crippen LogP contribution in [0.5, 0.6) is 0 Å². The van der Waals surface area contributed by atoms with Gasteiger partial charge in [0.2, 0.25) is 10.0 Å². The molecule has 1 fully saturated rings. The molecule has 0 N–H and O–H groups in total. The van der Waals surface area contributed by atoms with Crippen molar-refractivity contribution in [3.05, 3.63) is 29.3 Å². The van der Waals surface area contributed by atoms with Crippen molar-refractivity contribution in [2.24, 2.45) is 0 Å². The van der Waals surface area contributed by atoms with E-state index in [2.05, 4.69) is 0 Å². The van der Waals surface area contributed by atoms with Gasteiger partial charge in [0.1, 0.15) is 5.60 Å². The number of hydrogen-bond acceptors (Lipinski definition) is 4. The lowest BCUT2D eigenvalue weighted by Gasteiger charge is -2.46. The first-order chi connectivity index (χ1) is 13.4. The quantitative estimate of drug-likeness (QED) is 0.646. The van der Waals surface area contributed by atoms with Gasteiger partial charge in [-0.15, -0.1) is 0 Å². The Labute approximate surface area is 180 Å². The van der Waals surface area contributed by atoms with E-state index < -0.39 is 15.6 Å². The van der Waals surface area contributed by atoms with E-state index in [-0.39, 0.29) is 29.1 Å². The maximum Gasteiger partial charge on any atom is 0.410 e. The fourth-order valence-corrected chi connectivity index (χ4v) is 5.95. The van der Waals surface area contributed by atoms with E-state index in [9.17, 15) is 13.2 Å². The number of hydrogen-bond donors (Lipinski definition) is 0. The minimum absolute atomic E-state index is 0.0728. The average molecular weight is 445 g/mol. The van der Waals surface area contributed by atoms with Crippen LogP contribution in [0.2, 0.25) is 5.02 Å². The van der Waals surface area contributed by atoms with E-state index in [1.165, 1.54) is 0 Å². The predicted molar refractivity (Wildman–Crippen MR) is 116 cm³/mol. The highest BCUT2D eigenvalue weighted by Crippen LogP contribution is 2.35.